The Kier molecular flexibility index (Phi) is 7.65. The lowest BCUT2D eigenvalue weighted by Crippen LogP contribution is -2.36. The number of nitrogens with zero attached hydrogens (tertiary/aromatic N) is 2. The van der Waals surface area contributed by atoms with Gasteiger partial charge in [0.1, 0.15) is 6.61 Å². The summed E-state index contributed by atoms with van der Waals surface area (Å²) in [7, 11) is 5.80. The van der Waals surface area contributed by atoms with E-state index in [2.05, 4.69) is 30.0 Å². The molecule has 1 fully saturated rings. The Hall–Kier alpha value is -1.30. The van der Waals surface area contributed by atoms with Crippen molar-refractivity contribution >= 4 is 0 Å². The van der Waals surface area contributed by atoms with Crippen LogP contribution in [0.5, 0.6) is 11.5 Å². The lowest BCUT2D eigenvalue weighted by Gasteiger charge is -2.26. The van der Waals surface area contributed by atoms with Crippen molar-refractivity contribution in [3.63, 3.8) is 0 Å². The minimum Gasteiger partial charge on any atom is -0.493 e. The van der Waals surface area contributed by atoms with Crippen LogP contribution in [0.15, 0.2) is 18.2 Å². The van der Waals surface area contributed by atoms with Gasteiger partial charge in [0.25, 0.3) is 0 Å². The van der Waals surface area contributed by atoms with Crippen molar-refractivity contribution in [3.8, 4) is 11.5 Å². The Morgan fingerprint density at radius 3 is 2.70 bits per heavy atom. The highest BCUT2D eigenvalue weighted by Crippen LogP contribution is 2.32. The zero-order chi connectivity index (χ0) is 16.5. The summed E-state index contributed by atoms with van der Waals surface area (Å²) >= 11 is 0. The minimum atomic E-state index is 0.670. The van der Waals surface area contributed by atoms with Crippen molar-refractivity contribution in [3.05, 3.63) is 23.8 Å². The molecule has 0 amide bonds. The van der Waals surface area contributed by atoms with Gasteiger partial charge in [-0.1, -0.05) is 12.1 Å². The van der Waals surface area contributed by atoms with Gasteiger partial charge in [-0.15, -0.1) is 0 Å². The van der Waals surface area contributed by atoms with Crippen molar-refractivity contribution in [1.82, 2.24) is 9.80 Å². The van der Waals surface area contributed by atoms with Crippen LogP contribution in [0, 0.1) is 0 Å². The first-order valence-electron chi connectivity index (χ1n) is 8.44. The average Bonchev–Trinajstić information content (AvgIpc) is 2.56. The van der Waals surface area contributed by atoms with E-state index in [4.69, 9.17) is 14.2 Å². The minimum absolute atomic E-state index is 0.670. The van der Waals surface area contributed by atoms with Crippen LogP contribution >= 0.6 is 0 Å². The van der Waals surface area contributed by atoms with Crippen LogP contribution in [0.1, 0.15) is 12.0 Å². The molecule has 130 valence electrons. The molecular weight excluding hydrogens is 292 g/mol. The monoisotopic (exact) mass is 322 g/mol. The summed E-state index contributed by atoms with van der Waals surface area (Å²) < 4.78 is 16.9. The first-order valence-corrected chi connectivity index (χ1v) is 8.44. The van der Waals surface area contributed by atoms with Gasteiger partial charge >= 0.3 is 0 Å². The quantitative estimate of drug-likeness (QED) is 0.694. The van der Waals surface area contributed by atoms with E-state index in [-0.39, 0.29) is 0 Å². The molecule has 0 radical (unpaired) electrons. The molecule has 2 rings (SSSR count). The Balaban J connectivity index is 1.90. The molecule has 5 nitrogen and oxygen atoms in total. The van der Waals surface area contributed by atoms with Gasteiger partial charge < -0.3 is 19.1 Å². The summed E-state index contributed by atoms with van der Waals surface area (Å²) in [5, 5.41) is 0. The number of rotatable bonds is 9. The van der Waals surface area contributed by atoms with E-state index in [9.17, 15) is 0 Å². The summed E-state index contributed by atoms with van der Waals surface area (Å²) in [6, 6.07) is 6.16. The fraction of sp³-hybridized carbons (Fsp3) is 0.667. The number of aryl methyl sites for hydroxylation is 1. The summed E-state index contributed by atoms with van der Waals surface area (Å²) in [4.78, 5) is 4.59. The first kappa shape index (κ1) is 18.0. The second kappa shape index (κ2) is 9.75. The predicted molar refractivity (Wildman–Crippen MR) is 92.6 cm³/mol. The molecule has 5 heteroatoms. The van der Waals surface area contributed by atoms with Crippen LogP contribution in [0.3, 0.4) is 0 Å². The zero-order valence-electron chi connectivity index (χ0n) is 14.7. The number of morpholine rings is 1. The van der Waals surface area contributed by atoms with Gasteiger partial charge in [0.2, 0.25) is 0 Å². The maximum absolute atomic E-state index is 6.01. The van der Waals surface area contributed by atoms with E-state index in [1.54, 1.807) is 7.11 Å². The number of benzene rings is 1. The first-order chi connectivity index (χ1) is 11.2. The van der Waals surface area contributed by atoms with Gasteiger partial charge in [-0.3, -0.25) is 4.90 Å². The van der Waals surface area contributed by atoms with Crippen molar-refractivity contribution in [2.75, 3.05) is 67.2 Å². The topological polar surface area (TPSA) is 34.2 Å². The number of ether oxygens (including phenoxy) is 3. The Morgan fingerprint density at radius 2 is 2.00 bits per heavy atom. The van der Waals surface area contributed by atoms with Gasteiger partial charge in [-0.2, -0.15) is 0 Å². The number of hydrogen-bond donors (Lipinski definition) is 0. The molecule has 1 heterocycles. The molecule has 0 aromatic heterocycles. The van der Waals surface area contributed by atoms with Gasteiger partial charge in [0.15, 0.2) is 11.5 Å². The SMILES string of the molecule is COc1cccc(CCCN2CCOCC2)c1OCCN(C)C. The average molecular weight is 322 g/mol. The molecule has 0 bridgehead atoms. The van der Waals surface area contributed by atoms with Crippen molar-refractivity contribution in [2.45, 2.75) is 12.8 Å². The molecule has 0 N–H and O–H groups in total. The normalized spacial score (nSPS) is 15.8. The fourth-order valence-corrected chi connectivity index (χ4v) is 2.73. The fourth-order valence-electron chi connectivity index (χ4n) is 2.73. The standard InChI is InChI=1S/C18H30N2O3/c1-19(2)10-15-23-18-16(6-4-8-17(18)21-3)7-5-9-20-11-13-22-14-12-20/h4,6,8H,5,7,9-15H2,1-3H3. The molecule has 23 heavy (non-hydrogen) atoms. The highest BCUT2D eigenvalue weighted by atomic mass is 16.5. The summed E-state index contributed by atoms with van der Waals surface area (Å²) in [5.74, 6) is 1.73. The van der Waals surface area contributed by atoms with Gasteiger partial charge in [-0.25, -0.2) is 0 Å². The third kappa shape index (κ3) is 6.01. The molecule has 1 saturated heterocycles. The smallest absolute Gasteiger partial charge is 0.164 e. The third-order valence-corrected chi connectivity index (χ3v) is 4.09. The van der Waals surface area contributed by atoms with Crippen LogP contribution < -0.4 is 9.47 Å². The molecule has 0 unspecified atom stereocenters. The summed E-state index contributed by atoms with van der Waals surface area (Å²) in [6.45, 7) is 6.48. The van der Waals surface area contributed by atoms with E-state index >= 15 is 0 Å². The van der Waals surface area contributed by atoms with Crippen LogP contribution in [0.2, 0.25) is 0 Å². The van der Waals surface area contributed by atoms with Crippen LogP contribution in [-0.4, -0.2) is 77.0 Å². The second-order valence-corrected chi connectivity index (χ2v) is 6.16. The summed E-state index contributed by atoms with van der Waals surface area (Å²) in [5.41, 5.74) is 1.23. The molecule has 0 saturated carbocycles. The number of hydrogen-bond acceptors (Lipinski definition) is 5. The van der Waals surface area contributed by atoms with E-state index in [1.807, 2.05) is 12.1 Å². The molecule has 0 aliphatic carbocycles. The predicted octanol–water partition coefficient (Wildman–Crippen LogP) is 1.90. The van der Waals surface area contributed by atoms with Gasteiger partial charge in [0, 0.05) is 19.6 Å². The maximum Gasteiger partial charge on any atom is 0.164 e. The summed E-state index contributed by atoms with van der Waals surface area (Å²) in [6.07, 6.45) is 2.13. The molecule has 1 aromatic rings. The maximum atomic E-state index is 6.01. The highest BCUT2D eigenvalue weighted by Gasteiger charge is 2.13. The third-order valence-electron chi connectivity index (χ3n) is 4.09. The highest BCUT2D eigenvalue weighted by molar-refractivity contribution is 5.46. The zero-order valence-corrected chi connectivity index (χ0v) is 14.7. The lowest BCUT2D eigenvalue weighted by molar-refractivity contribution is 0.0374. The molecular formula is C18H30N2O3. The van der Waals surface area contributed by atoms with E-state index in [0.717, 1.165) is 63.7 Å². The van der Waals surface area contributed by atoms with Crippen molar-refractivity contribution < 1.29 is 14.2 Å². The molecule has 0 atom stereocenters. The van der Waals surface area contributed by atoms with Crippen molar-refractivity contribution in [1.29, 1.82) is 0 Å². The van der Waals surface area contributed by atoms with E-state index < -0.39 is 0 Å². The molecule has 1 aliphatic rings. The lowest BCUT2D eigenvalue weighted by atomic mass is 10.1. The Morgan fingerprint density at radius 1 is 1.22 bits per heavy atom. The molecule has 1 aromatic carbocycles. The number of likely N-dealkylation sites (N-methyl/N-ethyl adjacent to an activating group) is 1. The Bertz CT molecular complexity index is 460. The van der Waals surface area contributed by atoms with Crippen LogP contribution in [-0.2, 0) is 11.2 Å². The number of methoxy groups -OCH3 is 1. The van der Waals surface area contributed by atoms with E-state index in [0.29, 0.717) is 6.61 Å². The van der Waals surface area contributed by atoms with Crippen LogP contribution in [0.25, 0.3) is 0 Å². The second-order valence-electron chi connectivity index (χ2n) is 6.16. The molecule has 1 aliphatic heterocycles. The Labute approximate surface area is 140 Å². The van der Waals surface area contributed by atoms with Crippen LogP contribution in [0.4, 0.5) is 0 Å². The number of para-hydroxylation sites is 1. The van der Waals surface area contributed by atoms with E-state index in [1.165, 1.54) is 5.56 Å². The largest absolute Gasteiger partial charge is 0.493 e. The van der Waals surface area contributed by atoms with Gasteiger partial charge in [0.05, 0.1) is 20.3 Å². The molecule has 0 spiro atoms. The van der Waals surface area contributed by atoms with Crippen molar-refractivity contribution in [2.24, 2.45) is 0 Å². The van der Waals surface area contributed by atoms with Gasteiger partial charge in [-0.05, 0) is 45.1 Å².